The Labute approximate surface area is 124 Å². The average Bonchev–Trinajstić information content (AvgIpc) is 2.36. The van der Waals surface area contributed by atoms with Crippen molar-refractivity contribution in [2.24, 2.45) is 10.4 Å². The van der Waals surface area contributed by atoms with Crippen molar-refractivity contribution in [3.8, 4) is 0 Å². The van der Waals surface area contributed by atoms with Crippen molar-refractivity contribution in [3.63, 3.8) is 0 Å². The van der Waals surface area contributed by atoms with Crippen LogP contribution in [0.1, 0.15) is 58.8 Å². The van der Waals surface area contributed by atoms with Crippen LogP contribution in [0, 0.1) is 5.41 Å². The first-order valence-electron chi connectivity index (χ1n) is 8.24. The van der Waals surface area contributed by atoms with Crippen molar-refractivity contribution in [1.82, 2.24) is 4.90 Å². The van der Waals surface area contributed by atoms with Gasteiger partial charge >= 0.3 is 0 Å². The van der Waals surface area contributed by atoms with Crippen molar-refractivity contribution in [1.29, 1.82) is 0 Å². The number of hydrogen-bond acceptors (Lipinski definition) is 3. The topological polar surface area (TPSA) is 24.8 Å². The number of aliphatic imine (C=N–C) groups is 1. The number of ether oxygens (including phenoxy) is 1. The Balaban J connectivity index is 2.07. The third-order valence-electron chi connectivity index (χ3n) is 4.64. The molecular formula is C17H32N2O. The van der Waals surface area contributed by atoms with Crippen LogP contribution < -0.4 is 0 Å². The van der Waals surface area contributed by atoms with Crippen LogP contribution >= 0.6 is 0 Å². The molecule has 20 heavy (non-hydrogen) atoms. The van der Waals surface area contributed by atoms with E-state index in [4.69, 9.17) is 9.73 Å². The third-order valence-corrected chi connectivity index (χ3v) is 4.64. The summed E-state index contributed by atoms with van der Waals surface area (Å²) >= 11 is 0. The molecule has 1 aliphatic carbocycles. The highest BCUT2D eigenvalue weighted by Crippen LogP contribution is 2.38. The lowest BCUT2D eigenvalue weighted by molar-refractivity contribution is -0.0887. The van der Waals surface area contributed by atoms with Gasteiger partial charge in [-0.15, -0.1) is 0 Å². The second kappa shape index (κ2) is 6.57. The summed E-state index contributed by atoms with van der Waals surface area (Å²) in [5.74, 6) is 0. The first-order chi connectivity index (χ1) is 9.41. The van der Waals surface area contributed by atoms with Crippen molar-refractivity contribution < 1.29 is 4.74 Å². The van der Waals surface area contributed by atoms with Gasteiger partial charge in [0.15, 0.2) is 0 Å². The summed E-state index contributed by atoms with van der Waals surface area (Å²) in [4.78, 5) is 7.29. The summed E-state index contributed by atoms with van der Waals surface area (Å²) in [5, 5.41) is 0. The van der Waals surface area contributed by atoms with Crippen LogP contribution in [0.25, 0.3) is 0 Å². The van der Waals surface area contributed by atoms with Gasteiger partial charge in [0.2, 0.25) is 0 Å². The molecule has 1 aliphatic heterocycles. The van der Waals surface area contributed by atoms with E-state index in [1.165, 1.54) is 32.1 Å². The molecule has 1 heterocycles. The second-order valence-corrected chi connectivity index (χ2v) is 7.71. The first kappa shape index (κ1) is 16.0. The standard InChI is InChI=1S/C17H32N2O/c1-16(2)12-17(10-11-20-16,14-19(3)4)13-18-15-8-6-5-7-9-15/h13,15H,5-12,14H2,1-4H3. The Morgan fingerprint density at radius 2 is 1.90 bits per heavy atom. The Hall–Kier alpha value is -0.410. The van der Waals surface area contributed by atoms with Crippen molar-refractivity contribution in [3.05, 3.63) is 0 Å². The molecule has 0 radical (unpaired) electrons. The van der Waals surface area contributed by atoms with E-state index in [9.17, 15) is 0 Å². The maximum absolute atomic E-state index is 5.91. The molecule has 2 rings (SSSR count). The summed E-state index contributed by atoms with van der Waals surface area (Å²) in [6.45, 7) is 6.36. The van der Waals surface area contributed by atoms with E-state index < -0.39 is 0 Å². The Morgan fingerprint density at radius 3 is 2.50 bits per heavy atom. The van der Waals surface area contributed by atoms with Gasteiger partial charge in [0, 0.05) is 30.8 Å². The quantitative estimate of drug-likeness (QED) is 0.736. The fourth-order valence-corrected chi connectivity index (χ4v) is 3.93. The normalized spacial score (nSPS) is 32.0. The fraction of sp³-hybridized carbons (Fsp3) is 0.941. The van der Waals surface area contributed by atoms with Crippen molar-refractivity contribution in [2.45, 2.75) is 70.4 Å². The molecule has 1 saturated heterocycles. The van der Waals surface area contributed by atoms with Gasteiger partial charge in [0.25, 0.3) is 0 Å². The molecule has 1 unspecified atom stereocenters. The Bertz CT molecular complexity index is 332. The predicted molar refractivity (Wildman–Crippen MR) is 85.6 cm³/mol. The fourth-order valence-electron chi connectivity index (χ4n) is 3.93. The van der Waals surface area contributed by atoms with Crippen LogP contribution in [-0.4, -0.2) is 50.0 Å². The molecule has 3 nitrogen and oxygen atoms in total. The molecule has 0 N–H and O–H groups in total. The highest BCUT2D eigenvalue weighted by molar-refractivity contribution is 5.67. The molecule has 1 atom stereocenters. The summed E-state index contributed by atoms with van der Waals surface area (Å²) < 4.78 is 5.91. The van der Waals surface area contributed by atoms with Gasteiger partial charge in [-0.25, -0.2) is 0 Å². The van der Waals surface area contributed by atoms with Gasteiger partial charge in [-0.05, 0) is 53.6 Å². The molecule has 0 spiro atoms. The minimum atomic E-state index is -0.0210. The smallest absolute Gasteiger partial charge is 0.0635 e. The summed E-state index contributed by atoms with van der Waals surface area (Å²) in [6, 6.07) is 0.578. The van der Waals surface area contributed by atoms with Crippen LogP contribution in [0.5, 0.6) is 0 Å². The lowest BCUT2D eigenvalue weighted by Gasteiger charge is -2.44. The number of nitrogens with zero attached hydrogens (tertiary/aromatic N) is 2. The predicted octanol–water partition coefficient (Wildman–Crippen LogP) is 3.53. The molecule has 0 amide bonds. The lowest BCUT2D eigenvalue weighted by Crippen LogP contribution is -2.47. The molecule has 2 aliphatic rings. The Morgan fingerprint density at radius 1 is 1.20 bits per heavy atom. The first-order valence-corrected chi connectivity index (χ1v) is 8.24. The van der Waals surface area contributed by atoms with E-state index in [0.29, 0.717) is 6.04 Å². The van der Waals surface area contributed by atoms with E-state index in [2.05, 4.69) is 39.1 Å². The summed E-state index contributed by atoms with van der Waals surface area (Å²) in [6.07, 6.45) is 11.2. The van der Waals surface area contributed by atoms with E-state index in [1.54, 1.807) is 0 Å². The maximum Gasteiger partial charge on any atom is 0.0635 e. The highest BCUT2D eigenvalue weighted by Gasteiger charge is 2.40. The molecular weight excluding hydrogens is 248 g/mol. The molecule has 1 saturated carbocycles. The Kier molecular flexibility index (Phi) is 5.25. The van der Waals surface area contributed by atoms with E-state index >= 15 is 0 Å². The van der Waals surface area contributed by atoms with Crippen molar-refractivity contribution in [2.75, 3.05) is 27.2 Å². The van der Waals surface area contributed by atoms with Crippen LogP contribution in [0.4, 0.5) is 0 Å². The van der Waals surface area contributed by atoms with Gasteiger partial charge in [-0.1, -0.05) is 19.3 Å². The lowest BCUT2D eigenvalue weighted by atomic mass is 9.74. The van der Waals surface area contributed by atoms with Crippen LogP contribution in [0.2, 0.25) is 0 Å². The monoisotopic (exact) mass is 280 g/mol. The molecule has 116 valence electrons. The van der Waals surface area contributed by atoms with Gasteiger partial charge in [-0.2, -0.15) is 0 Å². The van der Waals surface area contributed by atoms with Gasteiger partial charge in [-0.3, -0.25) is 4.99 Å². The largest absolute Gasteiger partial charge is 0.376 e. The molecule has 0 aromatic heterocycles. The zero-order valence-electron chi connectivity index (χ0n) is 13.8. The van der Waals surface area contributed by atoms with Crippen LogP contribution in [0.3, 0.4) is 0 Å². The number of hydrogen-bond donors (Lipinski definition) is 0. The van der Waals surface area contributed by atoms with Crippen LogP contribution in [-0.2, 0) is 4.74 Å². The maximum atomic E-state index is 5.91. The van der Waals surface area contributed by atoms with E-state index in [0.717, 1.165) is 26.0 Å². The molecule has 0 bridgehead atoms. The number of rotatable bonds is 4. The van der Waals surface area contributed by atoms with Crippen LogP contribution in [0.15, 0.2) is 4.99 Å². The minimum absolute atomic E-state index is 0.0210. The molecule has 2 fully saturated rings. The highest BCUT2D eigenvalue weighted by atomic mass is 16.5. The second-order valence-electron chi connectivity index (χ2n) is 7.71. The van der Waals surface area contributed by atoms with E-state index in [1.807, 2.05) is 0 Å². The molecule has 0 aromatic carbocycles. The van der Waals surface area contributed by atoms with Gasteiger partial charge < -0.3 is 9.64 Å². The summed E-state index contributed by atoms with van der Waals surface area (Å²) in [5.41, 5.74) is 0.176. The third kappa shape index (κ3) is 4.56. The van der Waals surface area contributed by atoms with Gasteiger partial charge in [0.05, 0.1) is 5.60 Å². The SMILES string of the molecule is CN(C)CC1(C=NC2CCCCC2)CCOC(C)(C)C1. The molecule has 0 aromatic rings. The van der Waals surface area contributed by atoms with Gasteiger partial charge in [0.1, 0.15) is 0 Å². The van der Waals surface area contributed by atoms with Crippen molar-refractivity contribution >= 4 is 6.21 Å². The zero-order valence-corrected chi connectivity index (χ0v) is 13.8. The summed E-state index contributed by atoms with van der Waals surface area (Å²) in [7, 11) is 4.33. The average molecular weight is 280 g/mol. The minimum Gasteiger partial charge on any atom is -0.376 e. The zero-order chi connectivity index (χ0) is 14.6. The molecule has 3 heteroatoms. The van der Waals surface area contributed by atoms with E-state index in [-0.39, 0.29) is 11.0 Å².